The van der Waals surface area contributed by atoms with Gasteiger partial charge in [-0.3, -0.25) is 19.7 Å². The number of halogens is 2. The number of benzene rings is 2. The van der Waals surface area contributed by atoms with Crippen LogP contribution >= 0.6 is 11.6 Å². The molecule has 142 valence electrons. The molecule has 0 atom stereocenters. The molecule has 0 bridgehead atoms. The molecule has 0 saturated heterocycles. The average molecular weight is 394 g/mol. The Morgan fingerprint density at radius 3 is 2.52 bits per heavy atom. The van der Waals surface area contributed by atoms with Gasteiger partial charge in [0.25, 0.3) is 11.6 Å². The molecule has 0 radical (unpaired) electrons. The number of carbonyl (C=O) groups excluding carboxylic acids is 2. The third-order valence-electron chi connectivity index (χ3n) is 3.77. The first kappa shape index (κ1) is 20.3. The van der Waals surface area contributed by atoms with Crippen molar-refractivity contribution in [3.63, 3.8) is 0 Å². The van der Waals surface area contributed by atoms with E-state index in [9.17, 15) is 24.1 Å². The van der Waals surface area contributed by atoms with Crippen LogP contribution < -0.4 is 10.6 Å². The van der Waals surface area contributed by atoms with Gasteiger partial charge < -0.3 is 10.6 Å². The highest BCUT2D eigenvalue weighted by molar-refractivity contribution is 6.30. The van der Waals surface area contributed by atoms with Gasteiger partial charge in [-0.2, -0.15) is 0 Å². The predicted octanol–water partition coefficient (Wildman–Crippen LogP) is 3.84. The maximum atomic E-state index is 13.7. The summed E-state index contributed by atoms with van der Waals surface area (Å²) in [6, 6.07) is 8.61. The fraction of sp³-hybridized carbons (Fsp3) is 0.222. The summed E-state index contributed by atoms with van der Waals surface area (Å²) in [5.41, 5.74) is -0.121. The normalized spacial score (nSPS) is 10.3. The van der Waals surface area contributed by atoms with Crippen molar-refractivity contribution in [2.75, 3.05) is 11.9 Å². The molecule has 2 aromatic carbocycles. The molecule has 2 amide bonds. The van der Waals surface area contributed by atoms with Crippen LogP contribution in [-0.2, 0) is 4.79 Å². The van der Waals surface area contributed by atoms with E-state index < -0.39 is 22.3 Å². The number of carbonyl (C=O) groups is 2. The predicted molar refractivity (Wildman–Crippen MR) is 99.4 cm³/mol. The zero-order chi connectivity index (χ0) is 20.0. The molecule has 2 rings (SSSR count). The highest BCUT2D eigenvalue weighted by Crippen LogP contribution is 2.22. The zero-order valence-electron chi connectivity index (χ0n) is 14.4. The standard InChI is InChI=1S/C18H17ClFN3O4/c1-11-15(20)9-12(10-16(11)23(26)27)18(25)21-8-2-3-17(24)22-14-6-4-13(19)5-7-14/h4-7,9-10H,2-3,8H2,1H3,(H,21,25)(H,22,24). The van der Waals surface area contributed by atoms with Crippen LogP contribution in [0, 0.1) is 22.9 Å². The number of rotatable bonds is 7. The van der Waals surface area contributed by atoms with Crippen LogP contribution in [0.4, 0.5) is 15.8 Å². The van der Waals surface area contributed by atoms with Crippen LogP contribution in [0.3, 0.4) is 0 Å². The molecule has 7 nitrogen and oxygen atoms in total. The Morgan fingerprint density at radius 1 is 1.22 bits per heavy atom. The van der Waals surface area contributed by atoms with Gasteiger partial charge in [-0.05, 0) is 43.7 Å². The summed E-state index contributed by atoms with van der Waals surface area (Å²) >= 11 is 5.76. The molecule has 0 fully saturated rings. The summed E-state index contributed by atoms with van der Waals surface area (Å²) in [4.78, 5) is 34.0. The number of anilines is 1. The lowest BCUT2D eigenvalue weighted by Crippen LogP contribution is -2.25. The molecule has 0 aromatic heterocycles. The Bertz CT molecular complexity index is 872. The first-order valence-corrected chi connectivity index (χ1v) is 8.44. The SMILES string of the molecule is Cc1c(F)cc(C(=O)NCCCC(=O)Nc2ccc(Cl)cc2)cc1[N+](=O)[O-]. The second-order valence-electron chi connectivity index (χ2n) is 5.77. The molecule has 9 heteroatoms. The Kier molecular flexibility index (Phi) is 6.84. The minimum atomic E-state index is -0.823. The van der Waals surface area contributed by atoms with Crippen molar-refractivity contribution in [2.45, 2.75) is 19.8 Å². The molecule has 0 spiro atoms. The van der Waals surface area contributed by atoms with Crippen LogP contribution in [0.15, 0.2) is 36.4 Å². The average Bonchev–Trinajstić information content (AvgIpc) is 2.62. The van der Waals surface area contributed by atoms with Gasteiger partial charge in [0.05, 0.1) is 10.5 Å². The molecule has 0 aliphatic heterocycles. The highest BCUT2D eigenvalue weighted by atomic mass is 35.5. The van der Waals surface area contributed by atoms with Gasteiger partial charge in [-0.25, -0.2) is 4.39 Å². The largest absolute Gasteiger partial charge is 0.352 e. The molecule has 0 aliphatic rings. The Hall–Kier alpha value is -3.00. The van der Waals surface area contributed by atoms with Crippen LogP contribution in [0.25, 0.3) is 0 Å². The quantitative estimate of drug-likeness (QED) is 0.424. The van der Waals surface area contributed by atoms with E-state index in [0.29, 0.717) is 17.1 Å². The topological polar surface area (TPSA) is 101 Å². The van der Waals surface area contributed by atoms with E-state index in [-0.39, 0.29) is 30.0 Å². The molecule has 0 heterocycles. The molecule has 2 aromatic rings. The number of hydrogen-bond donors (Lipinski definition) is 2. The molecular weight excluding hydrogens is 377 g/mol. The summed E-state index contributed by atoms with van der Waals surface area (Å²) in [7, 11) is 0. The maximum absolute atomic E-state index is 13.7. The van der Waals surface area contributed by atoms with E-state index in [1.165, 1.54) is 6.92 Å². The van der Waals surface area contributed by atoms with Gasteiger partial charge >= 0.3 is 0 Å². The van der Waals surface area contributed by atoms with Crippen LogP contribution in [0.1, 0.15) is 28.8 Å². The van der Waals surface area contributed by atoms with E-state index in [2.05, 4.69) is 10.6 Å². The van der Waals surface area contributed by atoms with Gasteiger partial charge in [0.15, 0.2) is 0 Å². The van der Waals surface area contributed by atoms with Crippen LogP contribution in [0.5, 0.6) is 0 Å². The fourth-order valence-electron chi connectivity index (χ4n) is 2.29. The minimum absolute atomic E-state index is 0.129. The lowest BCUT2D eigenvalue weighted by Gasteiger charge is -2.08. The van der Waals surface area contributed by atoms with Crippen molar-refractivity contribution in [2.24, 2.45) is 0 Å². The van der Waals surface area contributed by atoms with Crippen molar-refractivity contribution in [1.82, 2.24) is 5.32 Å². The minimum Gasteiger partial charge on any atom is -0.352 e. The van der Waals surface area contributed by atoms with E-state index in [4.69, 9.17) is 11.6 Å². The van der Waals surface area contributed by atoms with Crippen molar-refractivity contribution >= 4 is 34.8 Å². The number of amides is 2. The first-order chi connectivity index (χ1) is 12.8. The van der Waals surface area contributed by atoms with Gasteiger partial charge in [0, 0.05) is 35.3 Å². The molecule has 27 heavy (non-hydrogen) atoms. The number of nitrogens with one attached hydrogen (secondary N) is 2. The van der Waals surface area contributed by atoms with Crippen molar-refractivity contribution in [1.29, 1.82) is 0 Å². The third-order valence-corrected chi connectivity index (χ3v) is 4.02. The van der Waals surface area contributed by atoms with Gasteiger partial charge in [-0.1, -0.05) is 11.6 Å². The molecule has 0 unspecified atom stereocenters. The lowest BCUT2D eigenvalue weighted by molar-refractivity contribution is -0.385. The Morgan fingerprint density at radius 2 is 1.89 bits per heavy atom. The van der Waals surface area contributed by atoms with E-state index in [0.717, 1.165) is 12.1 Å². The molecular formula is C18H17ClFN3O4. The molecule has 2 N–H and O–H groups in total. The van der Waals surface area contributed by atoms with Crippen molar-refractivity contribution in [3.8, 4) is 0 Å². The zero-order valence-corrected chi connectivity index (χ0v) is 15.2. The van der Waals surface area contributed by atoms with Gasteiger partial charge in [0.1, 0.15) is 5.82 Å². The molecule has 0 aliphatic carbocycles. The summed E-state index contributed by atoms with van der Waals surface area (Å²) in [5.74, 6) is -1.70. The lowest BCUT2D eigenvalue weighted by atomic mass is 10.1. The van der Waals surface area contributed by atoms with Crippen molar-refractivity contribution < 1.29 is 18.9 Å². The first-order valence-electron chi connectivity index (χ1n) is 8.06. The van der Waals surface area contributed by atoms with E-state index in [1.54, 1.807) is 24.3 Å². The number of nitro benzene ring substituents is 1. The second kappa shape index (κ2) is 9.09. The third kappa shape index (κ3) is 5.75. The second-order valence-corrected chi connectivity index (χ2v) is 6.21. The van der Waals surface area contributed by atoms with Crippen LogP contribution in [0.2, 0.25) is 5.02 Å². The van der Waals surface area contributed by atoms with Gasteiger partial charge in [-0.15, -0.1) is 0 Å². The summed E-state index contributed by atoms with van der Waals surface area (Å²) < 4.78 is 13.7. The summed E-state index contributed by atoms with van der Waals surface area (Å²) in [5, 5.41) is 16.7. The monoisotopic (exact) mass is 393 g/mol. The molecule has 0 saturated carbocycles. The van der Waals surface area contributed by atoms with Crippen molar-refractivity contribution in [3.05, 3.63) is 68.5 Å². The smallest absolute Gasteiger partial charge is 0.276 e. The van der Waals surface area contributed by atoms with E-state index in [1.807, 2.05) is 0 Å². The van der Waals surface area contributed by atoms with Gasteiger partial charge in [0.2, 0.25) is 5.91 Å². The Balaban J connectivity index is 1.83. The summed E-state index contributed by atoms with van der Waals surface area (Å²) in [6.45, 7) is 1.44. The number of nitro groups is 1. The van der Waals surface area contributed by atoms with Crippen LogP contribution in [-0.4, -0.2) is 23.3 Å². The Labute approximate surface area is 159 Å². The number of nitrogens with zero attached hydrogens (tertiary/aromatic N) is 1. The summed E-state index contributed by atoms with van der Waals surface area (Å²) in [6.07, 6.45) is 0.507. The van der Waals surface area contributed by atoms with E-state index >= 15 is 0 Å². The number of hydrogen-bond acceptors (Lipinski definition) is 4. The highest BCUT2D eigenvalue weighted by Gasteiger charge is 2.19. The maximum Gasteiger partial charge on any atom is 0.276 e. The fourth-order valence-corrected chi connectivity index (χ4v) is 2.42.